The zero-order chi connectivity index (χ0) is 27.9. The monoisotopic (exact) mass is 540 g/mol. The molecule has 0 aliphatic heterocycles. The second-order valence-corrected chi connectivity index (χ2v) is 11.1. The molecule has 0 radical (unpaired) electrons. The summed E-state index contributed by atoms with van der Waals surface area (Å²) in [5.74, 6) is -1.51. The third kappa shape index (κ3) is 11.2. The Morgan fingerprint density at radius 2 is 1.03 bits per heavy atom. The van der Waals surface area contributed by atoms with Gasteiger partial charge in [-0.25, -0.2) is 0 Å². The van der Waals surface area contributed by atoms with E-state index in [1.165, 1.54) is 11.1 Å². The topological polar surface area (TPSA) is 98.7 Å². The largest absolute Gasteiger partial charge is 0.481 e. The highest BCUT2D eigenvalue weighted by Gasteiger charge is 2.27. The third-order valence-corrected chi connectivity index (χ3v) is 7.89. The van der Waals surface area contributed by atoms with E-state index in [4.69, 9.17) is 12.2 Å². The van der Waals surface area contributed by atoms with E-state index in [2.05, 4.69) is 48.7 Å². The number of carboxylic acid groups (broad SMARTS) is 2. The van der Waals surface area contributed by atoms with Crippen molar-refractivity contribution in [2.24, 2.45) is 0 Å². The summed E-state index contributed by atoms with van der Waals surface area (Å²) in [6.07, 6.45) is 7.31. The minimum Gasteiger partial charge on any atom is -0.481 e. The van der Waals surface area contributed by atoms with E-state index in [9.17, 15) is 19.8 Å². The lowest BCUT2D eigenvalue weighted by Crippen LogP contribution is -2.36. The first-order valence-corrected chi connectivity index (χ1v) is 14.1. The molecule has 0 aromatic heterocycles. The van der Waals surface area contributed by atoms with Crippen LogP contribution in [0.1, 0.15) is 89.2 Å². The molecule has 0 amide bonds. The fourth-order valence-corrected chi connectivity index (χ4v) is 5.22. The molecule has 0 bridgehead atoms. The second kappa shape index (κ2) is 16.1. The molecule has 2 rings (SSSR count). The van der Waals surface area contributed by atoms with Crippen LogP contribution in [0.5, 0.6) is 0 Å². The number of carboxylic acids is 2. The molecule has 2 aromatic carbocycles. The molecule has 0 heterocycles. The maximum absolute atomic E-state index is 11.2. The van der Waals surface area contributed by atoms with Gasteiger partial charge in [0, 0.05) is 25.9 Å². The fraction of sp³-hybridized carbons (Fsp3) is 0.516. The summed E-state index contributed by atoms with van der Waals surface area (Å²) in [5, 5.41) is 25.6. The lowest BCUT2D eigenvalue weighted by atomic mass is 9.75. The Balaban J connectivity index is 1.68. The molecule has 2 atom stereocenters. The summed E-state index contributed by atoms with van der Waals surface area (Å²) in [5.41, 5.74) is 2.07. The number of rotatable bonds is 18. The first kappa shape index (κ1) is 31.3. The zero-order valence-corrected chi connectivity index (χ0v) is 23.7. The quantitative estimate of drug-likeness (QED) is 0.128. The van der Waals surface area contributed by atoms with Crippen molar-refractivity contribution in [2.75, 3.05) is 13.1 Å². The summed E-state index contributed by atoms with van der Waals surface area (Å²) in [7, 11) is 0. The summed E-state index contributed by atoms with van der Waals surface area (Å²) < 4.78 is 0. The van der Waals surface area contributed by atoms with Crippen molar-refractivity contribution in [1.82, 2.24) is 10.6 Å². The lowest BCUT2D eigenvalue weighted by Gasteiger charge is -2.30. The van der Waals surface area contributed by atoms with Crippen LogP contribution in [0.4, 0.5) is 0 Å². The predicted octanol–water partition coefficient (Wildman–Crippen LogP) is 6.44. The Morgan fingerprint density at radius 3 is 1.37 bits per heavy atom. The molecule has 2 aromatic rings. The number of unbranched alkanes of at least 4 members (excludes halogenated alkanes) is 2. The van der Waals surface area contributed by atoms with Gasteiger partial charge < -0.3 is 20.8 Å². The van der Waals surface area contributed by atoms with Crippen molar-refractivity contribution in [2.45, 2.75) is 88.9 Å². The molecule has 38 heavy (non-hydrogen) atoms. The summed E-state index contributed by atoms with van der Waals surface area (Å²) in [6.45, 7) is 5.87. The molecule has 0 aliphatic rings. The molecule has 208 valence electrons. The van der Waals surface area contributed by atoms with Crippen molar-refractivity contribution >= 4 is 29.3 Å². The van der Waals surface area contributed by atoms with Crippen LogP contribution < -0.4 is 10.6 Å². The van der Waals surface area contributed by atoms with Gasteiger partial charge in [0.1, 0.15) is 0 Å². The second-order valence-electron chi connectivity index (χ2n) is 10.7. The van der Waals surface area contributed by atoms with Crippen LogP contribution in [0.3, 0.4) is 0 Å². The molecule has 0 saturated carbocycles. The smallest absolute Gasteiger partial charge is 0.303 e. The standard InChI is InChI=1S/C31H44N2O4S/c1-30(21-17-27(34)35,25-13-5-3-6-14-25)19-9-11-23-32-29(38)33-24-12-10-20-31(2,22-18-28(36)37)26-15-7-4-8-16-26/h3-8,13-16H,9-12,17-24H2,1-2H3,(H,34,35)(H,36,37)(H2,32,33,38). The van der Waals surface area contributed by atoms with Gasteiger partial charge in [0.05, 0.1) is 0 Å². The van der Waals surface area contributed by atoms with Crippen LogP contribution >= 0.6 is 12.2 Å². The van der Waals surface area contributed by atoms with E-state index in [0.29, 0.717) is 18.0 Å². The molecule has 2 unspecified atom stereocenters. The first-order valence-electron chi connectivity index (χ1n) is 13.7. The number of hydrogen-bond acceptors (Lipinski definition) is 3. The van der Waals surface area contributed by atoms with Crippen molar-refractivity contribution in [3.05, 3.63) is 71.8 Å². The molecule has 6 nitrogen and oxygen atoms in total. The molecule has 7 heteroatoms. The molecular formula is C31H44N2O4S. The van der Waals surface area contributed by atoms with Gasteiger partial charge in [-0.2, -0.15) is 0 Å². The van der Waals surface area contributed by atoms with Gasteiger partial charge in [-0.05, 0) is 72.7 Å². The van der Waals surface area contributed by atoms with E-state index < -0.39 is 11.9 Å². The highest BCUT2D eigenvalue weighted by atomic mass is 32.1. The van der Waals surface area contributed by atoms with E-state index in [0.717, 1.165) is 51.6 Å². The molecule has 0 saturated heterocycles. The van der Waals surface area contributed by atoms with Crippen LogP contribution in [0.2, 0.25) is 0 Å². The fourth-order valence-electron chi connectivity index (χ4n) is 5.02. The van der Waals surface area contributed by atoms with Crippen molar-refractivity contribution in [3.63, 3.8) is 0 Å². The van der Waals surface area contributed by atoms with Crippen LogP contribution in [-0.2, 0) is 20.4 Å². The summed E-state index contributed by atoms with van der Waals surface area (Å²) in [4.78, 5) is 22.3. The molecule has 0 fully saturated rings. The van der Waals surface area contributed by atoms with Gasteiger partial charge >= 0.3 is 11.9 Å². The minimum atomic E-state index is -0.754. The Bertz CT molecular complexity index is 922. The number of carbonyl (C=O) groups is 2. The SMILES string of the molecule is CC(CCCCNC(=S)NCCCCC(C)(CCC(=O)O)c1ccccc1)(CCC(=O)O)c1ccccc1. The molecule has 4 N–H and O–H groups in total. The number of nitrogens with one attached hydrogen (secondary N) is 2. The predicted molar refractivity (Wildman–Crippen MR) is 158 cm³/mol. The van der Waals surface area contributed by atoms with Crippen molar-refractivity contribution < 1.29 is 19.8 Å². The zero-order valence-electron chi connectivity index (χ0n) is 22.9. The van der Waals surface area contributed by atoms with Gasteiger partial charge in [0.25, 0.3) is 0 Å². The highest BCUT2D eigenvalue weighted by molar-refractivity contribution is 7.80. The summed E-state index contributed by atoms with van der Waals surface area (Å²) in [6, 6.07) is 20.4. The van der Waals surface area contributed by atoms with Crippen molar-refractivity contribution in [3.8, 4) is 0 Å². The maximum Gasteiger partial charge on any atom is 0.303 e. The molecule has 0 aliphatic carbocycles. The third-order valence-electron chi connectivity index (χ3n) is 7.60. The molecule has 0 spiro atoms. The Labute approximate surface area is 233 Å². The lowest BCUT2D eigenvalue weighted by molar-refractivity contribution is -0.138. The van der Waals surface area contributed by atoms with Crippen LogP contribution in [0.25, 0.3) is 0 Å². The number of hydrogen-bond donors (Lipinski definition) is 4. The minimum absolute atomic E-state index is 0.156. The van der Waals surface area contributed by atoms with E-state index in [1.54, 1.807) is 0 Å². The normalized spacial score (nSPS) is 14.2. The van der Waals surface area contributed by atoms with Crippen LogP contribution in [-0.4, -0.2) is 40.4 Å². The van der Waals surface area contributed by atoms with E-state index in [-0.39, 0.29) is 23.7 Å². The van der Waals surface area contributed by atoms with Gasteiger partial charge in [-0.3, -0.25) is 9.59 Å². The first-order chi connectivity index (χ1) is 18.1. The van der Waals surface area contributed by atoms with E-state index in [1.807, 2.05) is 36.4 Å². The summed E-state index contributed by atoms with van der Waals surface area (Å²) >= 11 is 5.44. The van der Waals surface area contributed by atoms with Crippen molar-refractivity contribution in [1.29, 1.82) is 0 Å². The average molecular weight is 541 g/mol. The van der Waals surface area contributed by atoms with Gasteiger partial charge in [0.2, 0.25) is 0 Å². The maximum atomic E-state index is 11.2. The Kier molecular flexibility index (Phi) is 13.3. The van der Waals surface area contributed by atoms with Gasteiger partial charge in [-0.15, -0.1) is 0 Å². The number of benzene rings is 2. The van der Waals surface area contributed by atoms with Gasteiger partial charge in [0.15, 0.2) is 5.11 Å². The average Bonchev–Trinajstić information content (AvgIpc) is 2.91. The van der Waals surface area contributed by atoms with Crippen LogP contribution in [0, 0.1) is 0 Å². The number of thiocarbonyl (C=S) groups is 1. The number of aliphatic carboxylic acids is 2. The Hall–Kier alpha value is -2.93. The highest BCUT2D eigenvalue weighted by Crippen LogP contribution is 2.35. The van der Waals surface area contributed by atoms with Crippen LogP contribution in [0.15, 0.2) is 60.7 Å². The van der Waals surface area contributed by atoms with E-state index >= 15 is 0 Å². The molecular weight excluding hydrogens is 496 g/mol. The Morgan fingerprint density at radius 1 is 0.658 bits per heavy atom. The van der Waals surface area contributed by atoms with Gasteiger partial charge in [-0.1, -0.05) is 87.4 Å².